The van der Waals surface area contributed by atoms with Gasteiger partial charge in [-0.1, -0.05) is 6.42 Å². The molecule has 0 atom stereocenters. The largest absolute Gasteiger partial charge is 0.330 e. The van der Waals surface area contributed by atoms with E-state index >= 15 is 0 Å². The molecule has 0 aliphatic rings. The fourth-order valence-corrected chi connectivity index (χ4v) is 1.23. The Morgan fingerprint density at radius 1 is 0.917 bits per heavy atom. The lowest BCUT2D eigenvalue weighted by molar-refractivity contribution is 0.589. The van der Waals surface area contributed by atoms with Crippen LogP contribution >= 0.6 is 11.6 Å². The third-order valence-electron chi connectivity index (χ3n) is 1.79. The summed E-state index contributed by atoms with van der Waals surface area (Å²) in [6.45, 7) is 3.06. The fourth-order valence-electron chi connectivity index (χ4n) is 1.04. The van der Waals surface area contributed by atoms with Crippen LogP contribution in [-0.4, -0.2) is 25.5 Å². The molecule has 0 rings (SSSR count). The third-order valence-corrected chi connectivity index (χ3v) is 2.06. The van der Waals surface area contributed by atoms with E-state index in [0.717, 1.165) is 38.4 Å². The number of nitrogens with one attached hydrogen (secondary N) is 1. The molecule has 0 fully saturated rings. The summed E-state index contributed by atoms with van der Waals surface area (Å²) in [5.74, 6) is 0.787. The lowest BCUT2D eigenvalue weighted by atomic mass is 10.2. The number of hydrogen-bond donors (Lipinski definition) is 2. The highest BCUT2D eigenvalue weighted by Gasteiger charge is 1.88. The van der Waals surface area contributed by atoms with Crippen LogP contribution in [0.1, 0.15) is 32.1 Å². The molecule has 0 unspecified atom stereocenters. The smallest absolute Gasteiger partial charge is 0.0223 e. The first-order valence-corrected chi connectivity index (χ1v) is 5.42. The van der Waals surface area contributed by atoms with Crippen LogP contribution in [0.25, 0.3) is 0 Å². The molecule has 0 amide bonds. The fraction of sp³-hybridized carbons (Fsp3) is 1.00. The Morgan fingerprint density at radius 3 is 2.17 bits per heavy atom. The first-order valence-electron chi connectivity index (χ1n) is 4.88. The molecule has 0 aromatic rings. The van der Waals surface area contributed by atoms with Gasteiger partial charge < -0.3 is 11.1 Å². The highest BCUT2D eigenvalue weighted by atomic mass is 35.5. The van der Waals surface area contributed by atoms with Crippen molar-refractivity contribution in [2.45, 2.75) is 32.1 Å². The number of halogens is 1. The number of unbranched alkanes of at least 4 members (excludes halogenated alkanes) is 3. The first-order chi connectivity index (χ1) is 5.91. The Kier molecular flexibility index (Phi) is 11.4. The molecule has 3 N–H and O–H groups in total. The summed E-state index contributed by atoms with van der Waals surface area (Å²) in [7, 11) is 0. The molecule has 0 saturated heterocycles. The Hall–Kier alpha value is 0.210. The van der Waals surface area contributed by atoms with Crippen molar-refractivity contribution < 1.29 is 0 Å². The zero-order valence-corrected chi connectivity index (χ0v) is 8.58. The van der Waals surface area contributed by atoms with E-state index in [1.165, 1.54) is 19.3 Å². The Labute approximate surface area is 80.9 Å². The van der Waals surface area contributed by atoms with E-state index in [9.17, 15) is 0 Å². The highest BCUT2D eigenvalue weighted by Crippen LogP contribution is 1.92. The lowest BCUT2D eigenvalue weighted by Gasteiger charge is -2.02. The molecule has 3 heteroatoms. The second-order valence-electron chi connectivity index (χ2n) is 3.00. The summed E-state index contributed by atoms with van der Waals surface area (Å²) >= 11 is 5.54. The van der Waals surface area contributed by atoms with Gasteiger partial charge in [-0.25, -0.2) is 0 Å². The Balaban J connectivity index is 2.73. The van der Waals surface area contributed by atoms with Gasteiger partial charge in [-0.05, 0) is 45.3 Å². The predicted molar refractivity (Wildman–Crippen MR) is 55.7 cm³/mol. The predicted octanol–water partition coefficient (Wildman–Crippen LogP) is 1.72. The molecule has 0 bridgehead atoms. The van der Waals surface area contributed by atoms with Gasteiger partial charge in [0, 0.05) is 5.88 Å². The van der Waals surface area contributed by atoms with Gasteiger partial charge >= 0.3 is 0 Å². The Morgan fingerprint density at radius 2 is 1.58 bits per heavy atom. The average molecular weight is 193 g/mol. The molecule has 0 spiro atoms. The second-order valence-corrected chi connectivity index (χ2v) is 3.37. The van der Waals surface area contributed by atoms with Gasteiger partial charge in [0.2, 0.25) is 0 Å². The van der Waals surface area contributed by atoms with Gasteiger partial charge in [0.15, 0.2) is 0 Å². The molecular formula is C9H21ClN2. The molecule has 0 heterocycles. The summed E-state index contributed by atoms with van der Waals surface area (Å²) in [6.07, 6.45) is 5.97. The summed E-state index contributed by atoms with van der Waals surface area (Å²) in [5.41, 5.74) is 5.37. The molecule has 0 radical (unpaired) electrons. The maximum absolute atomic E-state index is 5.54. The van der Waals surface area contributed by atoms with E-state index in [1.54, 1.807) is 0 Å². The summed E-state index contributed by atoms with van der Waals surface area (Å²) in [5, 5.41) is 3.38. The molecule has 0 aromatic heterocycles. The van der Waals surface area contributed by atoms with E-state index in [4.69, 9.17) is 17.3 Å². The third kappa shape index (κ3) is 10.2. The van der Waals surface area contributed by atoms with Crippen molar-refractivity contribution in [2.75, 3.05) is 25.5 Å². The van der Waals surface area contributed by atoms with Crippen molar-refractivity contribution in [1.82, 2.24) is 5.32 Å². The molecule has 0 aliphatic heterocycles. The molecule has 0 saturated carbocycles. The minimum atomic E-state index is 0.787. The SMILES string of the molecule is NCCCCCNCCCCCl. The van der Waals surface area contributed by atoms with Crippen molar-refractivity contribution in [3.63, 3.8) is 0 Å². The summed E-state index contributed by atoms with van der Waals surface area (Å²) in [4.78, 5) is 0. The maximum atomic E-state index is 5.54. The highest BCUT2D eigenvalue weighted by molar-refractivity contribution is 6.17. The van der Waals surface area contributed by atoms with Gasteiger partial charge in [-0.3, -0.25) is 0 Å². The van der Waals surface area contributed by atoms with E-state index in [1.807, 2.05) is 0 Å². The maximum Gasteiger partial charge on any atom is 0.0223 e. The van der Waals surface area contributed by atoms with Crippen molar-refractivity contribution in [3.8, 4) is 0 Å². The number of rotatable bonds is 9. The standard InChI is InChI=1S/C9H21ClN2/c10-6-2-5-9-12-8-4-1-3-7-11/h12H,1-9,11H2. The normalized spacial score (nSPS) is 10.5. The lowest BCUT2D eigenvalue weighted by Crippen LogP contribution is -2.16. The summed E-state index contributed by atoms with van der Waals surface area (Å²) in [6, 6.07) is 0. The zero-order chi connectivity index (χ0) is 9.07. The van der Waals surface area contributed by atoms with Crippen LogP contribution in [0.5, 0.6) is 0 Å². The molecule has 12 heavy (non-hydrogen) atoms. The van der Waals surface area contributed by atoms with Crippen molar-refractivity contribution in [3.05, 3.63) is 0 Å². The van der Waals surface area contributed by atoms with Crippen LogP contribution in [0.3, 0.4) is 0 Å². The van der Waals surface area contributed by atoms with Crippen LogP contribution in [-0.2, 0) is 0 Å². The zero-order valence-electron chi connectivity index (χ0n) is 7.82. The van der Waals surface area contributed by atoms with E-state index in [-0.39, 0.29) is 0 Å². The van der Waals surface area contributed by atoms with Crippen LogP contribution in [0.4, 0.5) is 0 Å². The van der Waals surface area contributed by atoms with Gasteiger partial charge in [-0.2, -0.15) is 0 Å². The molecule has 0 aliphatic carbocycles. The van der Waals surface area contributed by atoms with E-state index < -0.39 is 0 Å². The van der Waals surface area contributed by atoms with Gasteiger partial charge in [0.1, 0.15) is 0 Å². The van der Waals surface area contributed by atoms with Crippen LogP contribution in [0, 0.1) is 0 Å². The quantitative estimate of drug-likeness (QED) is 0.432. The van der Waals surface area contributed by atoms with Crippen LogP contribution in [0.15, 0.2) is 0 Å². The number of nitrogens with two attached hydrogens (primary N) is 1. The minimum Gasteiger partial charge on any atom is -0.330 e. The van der Waals surface area contributed by atoms with Gasteiger partial charge in [-0.15, -0.1) is 11.6 Å². The molecule has 0 aromatic carbocycles. The van der Waals surface area contributed by atoms with Crippen LogP contribution in [0.2, 0.25) is 0 Å². The van der Waals surface area contributed by atoms with E-state index in [0.29, 0.717) is 0 Å². The molecular weight excluding hydrogens is 172 g/mol. The topological polar surface area (TPSA) is 38.0 Å². The van der Waals surface area contributed by atoms with Gasteiger partial charge in [0.25, 0.3) is 0 Å². The second kappa shape index (κ2) is 11.2. The van der Waals surface area contributed by atoms with Crippen molar-refractivity contribution in [2.24, 2.45) is 5.73 Å². The van der Waals surface area contributed by atoms with Gasteiger partial charge in [0.05, 0.1) is 0 Å². The molecule has 74 valence electrons. The average Bonchev–Trinajstić information content (AvgIpc) is 2.10. The van der Waals surface area contributed by atoms with Crippen molar-refractivity contribution in [1.29, 1.82) is 0 Å². The first kappa shape index (κ1) is 12.2. The molecule has 2 nitrogen and oxygen atoms in total. The Bertz CT molecular complexity index is 68.9. The number of alkyl halides is 1. The van der Waals surface area contributed by atoms with Crippen molar-refractivity contribution >= 4 is 11.6 Å². The number of hydrogen-bond acceptors (Lipinski definition) is 2. The van der Waals surface area contributed by atoms with E-state index in [2.05, 4.69) is 5.32 Å². The summed E-state index contributed by atoms with van der Waals surface area (Å²) < 4.78 is 0. The minimum absolute atomic E-state index is 0.787. The monoisotopic (exact) mass is 192 g/mol. The van der Waals surface area contributed by atoms with Crippen LogP contribution < -0.4 is 11.1 Å².